The molecule has 5 nitrogen and oxygen atoms in total. The molecule has 1 aromatic heterocycles. The van der Waals surface area contributed by atoms with Gasteiger partial charge in [0.15, 0.2) is 0 Å². The minimum atomic E-state index is -0.145. The quantitative estimate of drug-likeness (QED) is 0.785. The molecule has 2 heterocycles. The van der Waals surface area contributed by atoms with Crippen molar-refractivity contribution in [2.45, 2.75) is 26.1 Å². The van der Waals surface area contributed by atoms with E-state index in [0.29, 0.717) is 12.5 Å². The molecule has 0 radical (unpaired) electrons. The first-order chi connectivity index (χ1) is 7.69. The third kappa shape index (κ3) is 2.48. The molecule has 1 N–H and O–H groups in total. The van der Waals surface area contributed by atoms with Crippen LogP contribution in [0, 0.1) is 6.92 Å². The summed E-state index contributed by atoms with van der Waals surface area (Å²) in [5, 5.41) is 9.13. The van der Waals surface area contributed by atoms with Crippen molar-refractivity contribution in [3.05, 3.63) is 18.0 Å². The standard InChI is InChI=1S/C11H17N3O2/c1-8-3-12-11(13-4-8)14-5-9(2)16-10(6-14)7-15/h3-4,9-10,15H,5-7H2,1-2H3. The summed E-state index contributed by atoms with van der Waals surface area (Å²) in [7, 11) is 0. The van der Waals surface area contributed by atoms with Gasteiger partial charge in [0.2, 0.25) is 5.95 Å². The number of aryl methyl sites for hydroxylation is 1. The maximum atomic E-state index is 9.13. The molecule has 2 unspecified atom stereocenters. The Labute approximate surface area is 95.1 Å². The average molecular weight is 223 g/mol. The number of aromatic nitrogens is 2. The fraction of sp³-hybridized carbons (Fsp3) is 0.636. The van der Waals surface area contributed by atoms with Crippen LogP contribution in [0.25, 0.3) is 0 Å². The minimum Gasteiger partial charge on any atom is -0.394 e. The number of ether oxygens (including phenoxy) is 1. The highest BCUT2D eigenvalue weighted by atomic mass is 16.5. The minimum absolute atomic E-state index is 0.0344. The lowest BCUT2D eigenvalue weighted by Crippen LogP contribution is -2.48. The Balaban J connectivity index is 2.11. The molecular formula is C11H17N3O2. The van der Waals surface area contributed by atoms with Crippen molar-refractivity contribution in [3.63, 3.8) is 0 Å². The molecule has 2 rings (SSSR count). The molecule has 88 valence electrons. The number of hydrogen-bond donors (Lipinski definition) is 1. The summed E-state index contributed by atoms with van der Waals surface area (Å²) in [6, 6.07) is 0. The lowest BCUT2D eigenvalue weighted by atomic mass is 10.2. The van der Waals surface area contributed by atoms with Crippen molar-refractivity contribution >= 4 is 5.95 Å². The van der Waals surface area contributed by atoms with Gasteiger partial charge in [0.1, 0.15) is 0 Å². The van der Waals surface area contributed by atoms with Gasteiger partial charge in [0, 0.05) is 25.5 Å². The molecule has 0 aromatic carbocycles. The van der Waals surface area contributed by atoms with Crippen LogP contribution in [0.3, 0.4) is 0 Å². The van der Waals surface area contributed by atoms with Gasteiger partial charge in [-0.15, -0.1) is 0 Å². The van der Waals surface area contributed by atoms with E-state index in [1.54, 1.807) is 12.4 Å². The molecule has 5 heteroatoms. The van der Waals surface area contributed by atoms with Crippen molar-refractivity contribution in [2.75, 3.05) is 24.6 Å². The highest BCUT2D eigenvalue weighted by Crippen LogP contribution is 2.15. The van der Waals surface area contributed by atoms with Crippen LogP contribution in [-0.2, 0) is 4.74 Å². The second-order valence-corrected chi connectivity index (χ2v) is 4.22. The Bertz CT molecular complexity index is 342. The van der Waals surface area contributed by atoms with E-state index in [0.717, 1.165) is 12.1 Å². The maximum Gasteiger partial charge on any atom is 0.225 e. The van der Waals surface area contributed by atoms with Crippen molar-refractivity contribution in [3.8, 4) is 0 Å². The zero-order valence-corrected chi connectivity index (χ0v) is 9.63. The van der Waals surface area contributed by atoms with Crippen LogP contribution in [0.15, 0.2) is 12.4 Å². The summed E-state index contributed by atoms with van der Waals surface area (Å²) in [4.78, 5) is 10.6. The highest BCUT2D eigenvalue weighted by molar-refractivity contribution is 5.31. The fourth-order valence-corrected chi connectivity index (χ4v) is 1.86. The predicted molar refractivity (Wildman–Crippen MR) is 60.4 cm³/mol. The number of aliphatic hydroxyl groups excluding tert-OH is 1. The van der Waals surface area contributed by atoms with Gasteiger partial charge in [0.25, 0.3) is 0 Å². The molecule has 0 bridgehead atoms. The SMILES string of the molecule is Cc1cnc(N2CC(C)OC(CO)C2)nc1. The Morgan fingerprint density at radius 1 is 1.44 bits per heavy atom. The maximum absolute atomic E-state index is 9.13. The molecule has 2 atom stereocenters. The first-order valence-electron chi connectivity index (χ1n) is 5.49. The van der Waals surface area contributed by atoms with Crippen LogP contribution in [0.4, 0.5) is 5.95 Å². The fourth-order valence-electron chi connectivity index (χ4n) is 1.86. The summed E-state index contributed by atoms with van der Waals surface area (Å²) in [6.07, 6.45) is 3.55. The lowest BCUT2D eigenvalue weighted by Gasteiger charge is -2.35. The molecule has 16 heavy (non-hydrogen) atoms. The number of morpholine rings is 1. The van der Waals surface area contributed by atoms with Gasteiger partial charge in [-0.1, -0.05) is 0 Å². The third-order valence-corrected chi connectivity index (χ3v) is 2.58. The van der Waals surface area contributed by atoms with Crippen molar-refractivity contribution in [2.24, 2.45) is 0 Å². The Morgan fingerprint density at radius 2 is 2.12 bits per heavy atom. The van der Waals surface area contributed by atoms with Crippen LogP contribution >= 0.6 is 0 Å². The van der Waals surface area contributed by atoms with Gasteiger partial charge in [-0.2, -0.15) is 0 Å². The normalized spacial score (nSPS) is 25.8. The Kier molecular flexibility index (Phi) is 3.36. The zero-order chi connectivity index (χ0) is 11.5. The molecule has 0 saturated carbocycles. The van der Waals surface area contributed by atoms with Crippen molar-refractivity contribution < 1.29 is 9.84 Å². The van der Waals surface area contributed by atoms with Crippen LogP contribution in [0.2, 0.25) is 0 Å². The molecule has 1 saturated heterocycles. The highest BCUT2D eigenvalue weighted by Gasteiger charge is 2.26. The monoisotopic (exact) mass is 223 g/mol. The van der Waals surface area contributed by atoms with E-state index < -0.39 is 0 Å². The van der Waals surface area contributed by atoms with Crippen LogP contribution in [-0.4, -0.2) is 47.0 Å². The van der Waals surface area contributed by atoms with Crippen molar-refractivity contribution in [1.82, 2.24) is 9.97 Å². The molecule has 1 aromatic rings. The molecule has 0 spiro atoms. The van der Waals surface area contributed by atoms with E-state index in [4.69, 9.17) is 9.84 Å². The smallest absolute Gasteiger partial charge is 0.225 e. The van der Waals surface area contributed by atoms with Gasteiger partial charge in [-0.3, -0.25) is 0 Å². The number of hydrogen-bond acceptors (Lipinski definition) is 5. The van der Waals surface area contributed by atoms with Gasteiger partial charge in [-0.25, -0.2) is 9.97 Å². The number of anilines is 1. The largest absolute Gasteiger partial charge is 0.394 e. The Hall–Kier alpha value is -1.20. The number of nitrogens with zero attached hydrogens (tertiary/aromatic N) is 3. The Morgan fingerprint density at radius 3 is 2.75 bits per heavy atom. The van der Waals surface area contributed by atoms with Crippen LogP contribution in [0.1, 0.15) is 12.5 Å². The van der Waals surface area contributed by atoms with Crippen molar-refractivity contribution in [1.29, 1.82) is 0 Å². The number of aliphatic hydroxyl groups is 1. The summed E-state index contributed by atoms with van der Waals surface area (Å²) in [6.45, 7) is 5.39. The molecule has 1 aliphatic heterocycles. The van der Waals surface area contributed by atoms with Crippen LogP contribution < -0.4 is 4.90 Å². The predicted octanol–water partition coefficient (Wildman–Crippen LogP) is 0.371. The first-order valence-corrected chi connectivity index (χ1v) is 5.49. The van der Waals surface area contributed by atoms with E-state index in [1.165, 1.54) is 0 Å². The van der Waals surface area contributed by atoms with E-state index >= 15 is 0 Å². The summed E-state index contributed by atoms with van der Waals surface area (Å²) < 4.78 is 5.56. The van der Waals surface area contributed by atoms with Crippen LogP contribution in [0.5, 0.6) is 0 Å². The van der Waals surface area contributed by atoms with E-state index in [-0.39, 0.29) is 18.8 Å². The second kappa shape index (κ2) is 4.76. The average Bonchev–Trinajstić information content (AvgIpc) is 2.29. The molecule has 1 fully saturated rings. The van der Waals surface area contributed by atoms with Gasteiger partial charge >= 0.3 is 0 Å². The molecular weight excluding hydrogens is 206 g/mol. The van der Waals surface area contributed by atoms with Gasteiger partial charge in [0.05, 0.1) is 18.8 Å². The van der Waals surface area contributed by atoms with E-state index in [9.17, 15) is 0 Å². The van der Waals surface area contributed by atoms with E-state index in [1.807, 2.05) is 13.8 Å². The topological polar surface area (TPSA) is 58.5 Å². The van der Waals surface area contributed by atoms with E-state index in [2.05, 4.69) is 14.9 Å². The first kappa shape index (κ1) is 11.3. The summed E-state index contributed by atoms with van der Waals surface area (Å²) in [5.74, 6) is 0.708. The summed E-state index contributed by atoms with van der Waals surface area (Å²) >= 11 is 0. The number of rotatable bonds is 2. The third-order valence-electron chi connectivity index (χ3n) is 2.58. The molecule has 1 aliphatic rings. The molecule has 0 amide bonds. The summed E-state index contributed by atoms with van der Waals surface area (Å²) in [5.41, 5.74) is 1.05. The zero-order valence-electron chi connectivity index (χ0n) is 9.63. The van der Waals surface area contributed by atoms with Gasteiger partial charge in [-0.05, 0) is 19.4 Å². The lowest BCUT2D eigenvalue weighted by molar-refractivity contribution is -0.0425. The second-order valence-electron chi connectivity index (χ2n) is 4.22. The molecule has 0 aliphatic carbocycles. The van der Waals surface area contributed by atoms with Gasteiger partial charge < -0.3 is 14.7 Å².